The van der Waals surface area contributed by atoms with Crippen LogP contribution in [0, 0.1) is 0 Å². The maximum Gasteiger partial charge on any atom is 0.253 e. The summed E-state index contributed by atoms with van der Waals surface area (Å²) in [7, 11) is 1.66. The molecular weight excluding hydrogens is 440 g/mol. The minimum atomic E-state index is -0.120. The Morgan fingerprint density at radius 2 is 1.74 bits per heavy atom. The molecule has 190 valence electrons. The summed E-state index contributed by atoms with van der Waals surface area (Å²) in [4.78, 5) is 30.2. The Hall–Kier alpha value is -2.90. The smallest absolute Gasteiger partial charge is 0.253 e. The van der Waals surface area contributed by atoms with Gasteiger partial charge in [-0.15, -0.1) is 0 Å². The highest BCUT2D eigenvalue weighted by atomic mass is 16.5. The summed E-state index contributed by atoms with van der Waals surface area (Å²) in [6.07, 6.45) is 4.24. The lowest BCUT2D eigenvalue weighted by Gasteiger charge is -2.37. The van der Waals surface area contributed by atoms with Gasteiger partial charge in [-0.1, -0.05) is 50.1 Å². The van der Waals surface area contributed by atoms with Crippen LogP contribution in [0.25, 0.3) is 0 Å². The number of methoxy groups -OCH3 is 1. The molecule has 1 heterocycles. The van der Waals surface area contributed by atoms with Crippen LogP contribution in [0.3, 0.4) is 0 Å². The van der Waals surface area contributed by atoms with Gasteiger partial charge in [0.05, 0.1) is 5.56 Å². The normalized spacial score (nSPS) is 14.1. The van der Waals surface area contributed by atoms with E-state index in [2.05, 4.69) is 51.6 Å². The van der Waals surface area contributed by atoms with Crippen LogP contribution < -0.4 is 15.5 Å². The molecule has 0 unspecified atom stereocenters. The van der Waals surface area contributed by atoms with Gasteiger partial charge in [-0.2, -0.15) is 0 Å². The van der Waals surface area contributed by atoms with E-state index < -0.39 is 0 Å². The number of hydrogen-bond acceptors (Lipinski definition) is 5. The molecule has 2 N–H and O–H groups in total. The van der Waals surface area contributed by atoms with Crippen LogP contribution in [-0.4, -0.2) is 63.2 Å². The van der Waals surface area contributed by atoms with Gasteiger partial charge in [0.1, 0.15) is 0 Å². The van der Waals surface area contributed by atoms with Gasteiger partial charge >= 0.3 is 0 Å². The first-order valence-electron chi connectivity index (χ1n) is 12.8. The maximum absolute atomic E-state index is 13.1. The van der Waals surface area contributed by atoms with Crippen LogP contribution in [0.15, 0.2) is 48.5 Å². The van der Waals surface area contributed by atoms with Crippen LogP contribution in [0.2, 0.25) is 0 Å². The molecule has 0 spiro atoms. The molecule has 2 aromatic carbocycles. The van der Waals surface area contributed by atoms with Crippen molar-refractivity contribution in [3.8, 4) is 0 Å². The Kier molecular flexibility index (Phi) is 11.1. The van der Waals surface area contributed by atoms with E-state index in [-0.39, 0.29) is 11.8 Å². The molecule has 2 amide bonds. The molecule has 7 heteroatoms. The summed E-state index contributed by atoms with van der Waals surface area (Å²) in [5.74, 6) is -0.128. The minimum Gasteiger partial charge on any atom is -0.385 e. The zero-order valence-electron chi connectivity index (χ0n) is 21.2. The minimum absolute atomic E-state index is 0.00724. The number of rotatable bonds is 13. The Labute approximate surface area is 209 Å². The third-order valence-electron chi connectivity index (χ3n) is 6.31. The van der Waals surface area contributed by atoms with Gasteiger partial charge in [0.15, 0.2) is 0 Å². The van der Waals surface area contributed by atoms with Crippen molar-refractivity contribution in [1.29, 1.82) is 0 Å². The van der Waals surface area contributed by atoms with Crippen molar-refractivity contribution < 1.29 is 14.3 Å². The SMILES string of the molecule is CCCCCC(=O)Nc1ccc(N2CCN(Cc3ccccc3)CC2)c(C(=O)NCCCOC)c1. The number of piperazine rings is 1. The van der Waals surface area contributed by atoms with E-state index in [1.165, 1.54) is 5.56 Å². The molecule has 0 radical (unpaired) electrons. The first kappa shape index (κ1) is 26.7. The quantitative estimate of drug-likeness (QED) is 0.418. The second-order valence-electron chi connectivity index (χ2n) is 9.09. The summed E-state index contributed by atoms with van der Waals surface area (Å²) in [5, 5.41) is 5.98. The number of unbranched alkanes of at least 4 members (excludes halogenated alkanes) is 2. The predicted molar refractivity (Wildman–Crippen MR) is 142 cm³/mol. The first-order valence-corrected chi connectivity index (χ1v) is 12.8. The number of hydrogen-bond donors (Lipinski definition) is 2. The number of nitrogens with one attached hydrogen (secondary N) is 2. The average molecular weight is 481 g/mol. The molecule has 7 nitrogen and oxygen atoms in total. The molecule has 0 atom stereocenters. The van der Waals surface area contributed by atoms with E-state index in [4.69, 9.17) is 4.74 Å². The molecule has 1 aliphatic rings. The fourth-order valence-electron chi connectivity index (χ4n) is 4.33. The zero-order chi connectivity index (χ0) is 24.9. The van der Waals surface area contributed by atoms with E-state index in [0.717, 1.165) is 64.1 Å². The third kappa shape index (κ3) is 8.67. The van der Waals surface area contributed by atoms with Gasteiger partial charge in [-0.25, -0.2) is 0 Å². The van der Waals surface area contributed by atoms with Crippen molar-refractivity contribution in [3.05, 3.63) is 59.7 Å². The van der Waals surface area contributed by atoms with Crippen LogP contribution in [-0.2, 0) is 16.1 Å². The molecule has 2 aromatic rings. The average Bonchev–Trinajstić information content (AvgIpc) is 2.88. The van der Waals surface area contributed by atoms with E-state index in [1.54, 1.807) is 7.11 Å². The number of carbonyl (C=O) groups excluding carboxylic acids is 2. The van der Waals surface area contributed by atoms with Gasteiger partial charge in [-0.05, 0) is 36.6 Å². The van der Waals surface area contributed by atoms with Gasteiger partial charge in [0.25, 0.3) is 5.91 Å². The first-order chi connectivity index (χ1) is 17.1. The fraction of sp³-hybridized carbons (Fsp3) is 0.500. The highest BCUT2D eigenvalue weighted by Gasteiger charge is 2.22. The van der Waals surface area contributed by atoms with Crippen molar-refractivity contribution in [2.45, 2.75) is 45.6 Å². The summed E-state index contributed by atoms with van der Waals surface area (Å²) < 4.78 is 5.09. The van der Waals surface area contributed by atoms with E-state index >= 15 is 0 Å². The van der Waals surface area contributed by atoms with Crippen LogP contribution in [0.5, 0.6) is 0 Å². The molecule has 1 fully saturated rings. The van der Waals surface area contributed by atoms with E-state index in [0.29, 0.717) is 30.8 Å². The molecule has 0 aromatic heterocycles. The van der Waals surface area contributed by atoms with Crippen molar-refractivity contribution >= 4 is 23.2 Å². The zero-order valence-corrected chi connectivity index (χ0v) is 21.2. The molecule has 0 saturated carbocycles. The largest absolute Gasteiger partial charge is 0.385 e. The monoisotopic (exact) mass is 480 g/mol. The summed E-state index contributed by atoms with van der Waals surface area (Å²) in [5.41, 5.74) is 3.50. The predicted octanol–water partition coefficient (Wildman–Crippen LogP) is 4.29. The Morgan fingerprint density at radius 3 is 2.46 bits per heavy atom. The summed E-state index contributed by atoms with van der Waals surface area (Å²) >= 11 is 0. The number of ether oxygens (including phenoxy) is 1. The van der Waals surface area contributed by atoms with Crippen LogP contribution in [0.1, 0.15) is 54.9 Å². The van der Waals surface area contributed by atoms with Crippen molar-refractivity contribution in [3.63, 3.8) is 0 Å². The highest BCUT2D eigenvalue weighted by molar-refractivity contribution is 6.02. The standard InChI is InChI=1S/C28H40N4O3/c1-3-4-6-12-27(33)30-24-13-14-26(25(21-24)28(34)29-15-9-20-35-2)32-18-16-31(17-19-32)22-23-10-7-5-8-11-23/h5,7-8,10-11,13-14,21H,3-4,6,9,12,15-20,22H2,1-2H3,(H,29,34)(H,30,33). The topological polar surface area (TPSA) is 73.9 Å². The van der Waals surface area contributed by atoms with E-state index in [1.807, 2.05) is 24.3 Å². The third-order valence-corrected chi connectivity index (χ3v) is 6.31. The second kappa shape index (κ2) is 14.5. The van der Waals surface area contributed by atoms with Crippen molar-refractivity contribution in [1.82, 2.24) is 10.2 Å². The Morgan fingerprint density at radius 1 is 0.971 bits per heavy atom. The van der Waals surface area contributed by atoms with Gasteiger partial charge in [0.2, 0.25) is 5.91 Å². The van der Waals surface area contributed by atoms with Crippen molar-refractivity contribution in [2.24, 2.45) is 0 Å². The number of amides is 2. The second-order valence-corrected chi connectivity index (χ2v) is 9.09. The number of nitrogens with zero attached hydrogens (tertiary/aromatic N) is 2. The number of anilines is 2. The van der Waals surface area contributed by atoms with Gasteiger partial charge in [0, 0.05) is 70.8 Å². The fourth-order valence-corrected chi connectivity index (χ4v) is 4.33. The Bertz CT molecular complexity index is 927. The molecule has 35 heavy (non-hydrogen) atoms. The molecule has 1 aliphatic heterocycles. The highest BCUT2D eigenvalue weighted by Crippen LogP contribution is 2.26. The van der Waals surface area contributed by atoms with Gasteiger partial charge in [-0.3, -0.25) is 14.5 Å². The summed E-state index contributed by atoms with van der Waals surface area (Å²) in [6, 6.07) is 16.2. The van der Waals surface area contributed by atoms with E-state index in [9.17, 15) is 9.59 Å². The van der Waals surface area contributed by atoms with Crippen LogP contribution >= 0.6 is 0 Å². The van der Waals surface area contributed by atoms with Gasteiger partial charge < -0.3 is 20.3 Å². The summed E-state index contributed by atoms with van der Waals surface area (Å²) in [6.45, 7) is 7.76. The number of benzene rings is 2. The molecule has 0 aliphatic carbocycles. The number of carbonyl (C=O) groups is 2. The molecule has 0 bridgehead atoms. The maximum atomic E-state index is 13.1. The Balaban J connectivity index is 1.67. The lowest BCUT2D eigenvalue weighted by molar-refractivity contribution is -0.116. The molecular formula is C28H40N4O3. The van der Waals surface area contributed by atoms with Crippen LogP contribution in [0.4, 0.5) is 11.4 Å². The molecule has 1 saturated heterocycles. The molecule has 3 rings (SSSR count). The lowest BCUT2D eigenvalue weighted by atomic mass is 10.1. The lowest BCUT2D eigenvalue weighted by Crippen LogP contribution is -2.46. The van der Waals surface area contributed by atoms with Crippen molar-refractivity contribution in [2.75, 3.05) is 56.7 Å².